The molecule has 0 spiro atoms. The fourth-order valence-electron chi connectivity index (χ4n) is 1.07. The summed E-state index contributed by atoms with van der Waals surface area (Å²) in [5.41, 5.74) is 5.26. The van der Waals surface area contributed by atoms with Crippen molar-refractivity contribution in [2.24, 2.45) is 5.73 Å². The number of carbonyl (C=O) groups is 1. The van der Waals surface area contributed by atoms with Gasteiger partial charge < -0.3 is 11.1 Å². The van der Waals surface area contributed by atoms with Gasteiger partial charge in [0.05, 0.1) is 5.56 Å². The molecule has 0 aliphatic rings. The zero-order valence-electron chi connectivity index (χ0n) is 8.09. The highest BCUT2D eigenvalue weighted by Gasteiger charge is 2.10. The summed E-state index contributed by atoms with van der Waals surface area (Å²) in [6, 6.07) is 3.94. The smallest absolute Gasteiger partial charge is 0.254 e. The predicted molar refractivity (Wildman–Crippen MR) is 57.4 cm³/mol. The lowest BCUT2D eigenvalue weighted by Crippen LogP contribution is -2.26. The summed E-state index contributed by atoms with van der Waals surface area (Å²) in [6.45, 7) is 0.931. The van der Waals surface area contributed by atoms with E-state index < -0.39 is 11.7 Å². The minimum Gasteiger partial charge on any atom is -0.352 e. The number of hydrogen-bond donors (Lipinski definition) is 2. The van der Waals surface area contributed by atoms with Crippen molar-refractivity contribution in [2.75, 3.05) is 13.1 Å². The summed E-state index contributed by atoms with van der Waals surface area (Å²) < 4.78 is 13.2. The Morgan fingerprint density at radius 2 is 2.27 bits per heavy atom. The van der Waals surface area contributed by atoms with Crippen LogP contribution in [0.4, 0.5) is 4.39 Å². The van der Waals surface area contributed by atoms with Gasteiger partial charge in [-0.3, -0.25) is 4.79 Å². The van der Waals surface area contributed by atoms with E-state index in [1.54, 1.807) is 0 Å². The van der Waals surface area contributed by atoms with Gasteiger partial charge in [0.2, 0.25) is 0 Å². The van der Waals surface area contributed by atoms with E-state index in [9.17, 15) is 9.18 Å². The maximum Gasteiger partial charge on any atom is 0.254 e. The van der Waals surface area contributed by atoms with E-state index in [1.807, 2.05) is 0 Å². The number of halogens is 2. The minimum absolute atomic E-state index is 0.00331. The Bertz CT molecular complexity index is 357. The monoisotopic (exact) mass is 230 g/mol. The molecule has 82 valence electrons. The summed E-state index contributed by atoms with van der Waals surface area (Å²) in [5, 5.41) is 2.83. The van der Waals surface area contributed by atoms with Crippen molar-refractivity contribution in [2.45, 2.75) is 6.42 Å². The van der Waals surface area contributed by atoms with E-state index in [2.05, 4.69) is 5.32 Å². The largest absolute Gasteiger partial charge is 0.352 e. The maximum atomic E-state index is 13.2. The van der Waals surface area contributed by atoms with Crippen LogP contribution in [0.25, 0.3) is 0 Å². The number of nitrogens with two attached hydrogens (primary N) is 1. The first-order valence-corrected chi connectivity index (χ1v) is 4.96. The van der Waals surface area contributed by atoms with Crippen LogP contribution in [0.2, 0.25) is 5.02 Å². The lowest BCUT2D eigenvalue weighted by Gasteiger charge is -2.05. The predicted octanol–water partition coefficient (Wildman–Crippen LogP) is 1.56. The zero-order valence-corrected chi connectivity index (χ0v) is 8.85. The SMILES string of the molecule is NCCCNC(=O)c1ccc(Cl)cc1F. The number of nitrogens with one attached hydrogen (secondary N) is 1. The van der Waals surface area contributed by atoms with Crippen LogP contribution in [0.3, 0.4) is 0 Å². The average molecular weight is 231 g/mol. The molecule has 1 rings (SSSR count). The van der Waals surface area contributed by atoms with Gasteiger partial charge in [-0.25, -0.2) is 4.39 Å². The van der Waals surface area contributed by atoms with Crippen molar-refractivity contribution >= 4 is 17.5 Å². The number of hydrogen-bond acceptors (Lipinski definition) is 2. The molecule has 1 amide bonds. The van der Waals surface area contributed by atoms with Gasteiger partial charge in [0.25, 0.3) is 5.91 Å². The van der Waals surface area contributed by atoms with Crippen molar-refractivity contribution < 1.29 is 9.18 Å². The highest BCUT2D eigenvalue weighted by molar-refractivity contribution is 6.30. The first-order valence-electron chi connectivity index (χ1n) is 4.58. The molecular weight excluding hydrogens is 219 g/mol. The highest BCUT2D eigenvalue weighted by atomic mass is 35.5. The molecule has 1 aromatic carbocycles. The quantitative estimate of drug-likeness (QED) is 0.772. The third-order valence-electron chi connectivity index (χ3n) is 1.84. The lowest BCUT2D eigenvalue weighted by molar-refractivity contribution is 0.0949. The molecule has 1 aromatic rings. The average Bonchev–Trinajstić information content (AvgIpc) is 2.17. The Morgan fingerprint density at radius 3 is 2.87 bits per heavy atom. The van der Waals surface area contributed by atoms with Crippen molar-refractivity contribution in [1.82, 2.24) is 5.32 Å². The van der Waals surface area contributed by atoms with Gasteiger partial charge in [-0.2, -0.15) is 0 Å². The van der Waals surface area contributed by atoms with Gasteiger partial charge in [0.15, 0.2) is 0 Å². The molecule has 0 fully saturated rings. The Labute approximate surface area is 92.4 Å². The molecule has 15 heavy (non-hydrogen) atoms. The summed E-state index contributed by atoms with van der Waals surface area (Å²) in [7, 11) is 0. The van der Waals surface area contributed by atoms with Crippen LogP contribution in [0.5, 0.6) is 0 Å². The van der Waals surface area contributed by atoms with E-state index >= 15 is 0 Å². The Hall–Kier alpha value is -1.13. The minimum atomic E-state index is -0.618. The summed E-state index contributed by atoms with van der Waals surface area (Å²) in [4.78, 5) is 11.4. The maximum absolute atomic E-state index is 13.2. The number of amides is 1. The van der Waals surface area contributed by atoms with E-state index in [-0.39, 0.29) is 10.6 Å². The molecule has 0 saturated carbocycles. The van der Waals surface area contributed by atoms with Gasteiger partial charge >= 0.3 is 0 Å². The fraction of sp³-hybridized carbons (Fsp3) is 0.300. The van der Waals surface area contributed by atoms with Crippen LogP contribution in [0.1, 0.15) is 16.8 Å². The zero-order chi connectivity index (χ0) is 11.3. The number of rotatable bonds is 4. The van der Waals surface area contributed by atoms with E-state index in [4.69, 9.17) is 17.3 Å². The van der Waals surface area contributed by atoms with E-state index in [1.165, 1.54) is 12.1 Å². The molecule has 3 N–H and O–H groups in total. The second-order valence-corrected chi connectivity index (χ2v) is 3.46. The molecule has 0 heterocycles. The normalized spacial score (nSPS) is 10.1. The van der Waals surface area contributed by atoms with E-state index in [0.717, 1.165) is 6.07 Å². The van der Waals surface area contributed by atoms with Crippen LogP contribution in [0.15, 0.2) is 18.2 Å². The van der Waals surface area contributed by atoms with E-state index in [0.29, 0.717) is 19.5 Å². The molecule has 0 bridgehead atoms. The molecule has 0 atom stereocenters. The number of carbonyl (C=O) groups excluding carboxylic acids is 1. The molecular formula is C10H12ClFN2O. The molecule has 3 nitrogen and oxygen atoms in total. The fourth-order valence-corrected chi connectivity index (χ4v) is 1.23. The van der Waals surface area contributed by atoms with Gasteiger partial charge in [-0.1, -0.05) is 11.6 Å². The van der Waals surface area contributed by atoms with Crippen molar-refractivity contribution in [1.29, 1.82) is 0 Å². The molecule has 0 aliphatic carbocycles. The van der Waals surface area contributed by atoms with Crippen LogP contribution in [0, 0.1) is 5.82 Å². The molecule has 0 aliphatic heterocycles. The summed E-state index contributed by atoms with van der Waals surface area (Å²) in [6.07, 6.45) is 0.668. The Morgan fingerprint density at radius 1 is 1.53 bits per heavy atom. The van der Waals surface area contributed by atoms with Crippen molar-refractivity contribution in [3.05, 3.63) is 34.6 Å². The molecule has 0 saturated heterocycles. The second-order valence-electron chi connectivity index (χ2n) is 3.02. The van der Waals surface area contributed by atoms with Crippen molar-refractivity contribution in [3.8, 4) is 0 Å². The summed E-state index contributed by atoms with van der Waals surface area (Å²) in [5.74, 6) is -1.06. The molecule has 0 aromatic heterocycles. The van der Waals surface area contributed by atoms with Crippen molar-refractivity contribution in [3.63, 3.8) is 0 Å². The van der Waals surface area contributed by atoms with Crippen LogP contribution < -0.4 is 11.1 Å². The first-order chi connectivity index (χ1) is 7.15. The van der Waals surface area contributed by atoms with Gasteiger partial charge in [-0.15, -0.1) is 0 Å². The third kappa shape index (κ3) is 3.49. The Kier molecular flexibility index (Phi) is 4.52. The van der Waals surface area contributed by atoms with Gasteiger partial charge in [0, 0.05) is 11.6 Å². The molecule has 0 unspecified atom stereocenters. The van der Waals surface area contributed by atoms with Crippen LogP contribution in [-0.2, 0) is 0 Å². The van der Waals surface area contributed by atoms with Gasteiger partial charge in [-0.05, 0) is 31.2 Å². The molecule has 0 radical (unpaired) electrons. The second kappa shape index (κ2) is 5.68. The number of benzene rings is 1. The first kappa shape index (κ1) is 11.9. The van der Waals surface area contributed by atoms with Gasteiger partial charge in [0.1, 0.15) is 5.82 Å². The lowest BCUT2D eigenvalue weighted by atomic mass is 10.2. The topological polar surface area (TPSA) is 55.1 Å². The highest BCUT2D eigenvalue weighted by Crippen LogP contribution is 2.14. The summed E-state index contributed by atoms with van der Waals surface area (Å²) >= 11 is 5.56. The van der Waals surface area contributed by atoms with Crippen LogP contribution in [-0.4, -0.2) is 19.0 Å². The standard InChI is InChI=1S/C10H12ClFN2O/c11-7-2-3-8(9(12)6-7)10(15)14-5-1-4-13/h2-3,6H,1,4-5,13H2,(H,14,15). The Balaban J connectivity index is 2.65. The third-order valence-corrected chi connectivity index (χ3v) is 2.08. The molecule has 5 heteroatoms. The van der Waals surface area contributed by atoms with Crippen LogP contribution >= 0.6 is 11.6 Å².